The molecule has 1 N–H and O–H groups in total. The van der Waals surface area contributed by atoms with Crippen molar-refractivity contribution in [3.8, 4) is 0 Å². The van der Waals surface area contributed by atoms with Crippen LogP contribution in [0.2, 0.25) is 0 Å². The lowest BCUT2D eigenvalue weighted by Gasteiger charge is -2.18. The summed E-state index contributed by atoms with van der Waals surface area (Å²) in [7, 11) is 0. The number of nitrogens with zero attached hydrogens (tertiary/aromatic N) is 5. The molecule has 1 amide bonds. The number of thioether (sulfide) groups is 1. The molecule has 0 unspecified atom stereocenters. The first-order valence-corrected chi connectivity index (χ1v) is 11.1. The first kappa shape index (κ1) is 20.6. The summed E-state index contributed by atoms with van der Waals surface area (Å²) in [4.78, 5) is 24.1. The van der Waals surface area contributed by atoms with Gasteiger partial charge in [0.05, 0.1) is 18.1 Å². The molecule has 1 aliphatic heterocycles. The molecule has 1 aromatic carbocycles. The molecule has 1 aliphatic rings. The van der Waals surface area contributed by atoms with E-state index in [4.69, 9.17) is 9.97 Å². The zero-order chi connectivity index (χ0) is 21.1. The molecule has 1 fully saturated rings. The van der Waals surface area contributed by atoms with E-state index in [1.165, 1.54) is 31.0 Å². The van der Waals surface area contributed by atoms with Crippen LogP contribution in [0, 0.1) is 5.82 Å². The number of carbonyl (C=O) groups is 1. The average Bonchev–Trinajstić information content (AvgIpc) is 3.37. The van der Waals surface area contributed by atoms with Crippen LogP contribution < -0.4 is 10.2 Å². The maximum atomic E-state index is 13.3. The van der Waals surface area contributed by atoms with Crippen molar-refractivity contribution in [1.82, 2.24) is 25.1 Å². The normalized spacial score (nSPS) is 14.1. The molecule has 9 heteroatoms. The Morgan fingerprint density at radius 3 is 2.80 bits per heavy atom. The second kappa shape index (κ2) is 8.99. The molecule has 0 saturated carbocycles. The molecule has 158 valence electrons. The number of hydrogen-bond donors (Lipinski definition) is 1. The fraction of sp³-hybridized carbons (Fsp3) is 0.429. The SMILES string of the molecule is CC(C)Sc1nc(N2CCCC2)c2cnn(CCNC(=O)c3cccc(F)c3)c2n1. The average molecular weight is 429 g/mol. The predicted octanol–water partition coefficient (Wildman–Crippen LogP) is 3.50. The number of rotatable bonds is 7. The van der Waals surface area contributed by atoms with Crippen LogP contribution >= 0.6 is 11.8 Å². The number of fused-ring (bicyclic) bond motifs is 1. The van der Waals surface area contributed by atoms with Crippen LogP contribution in [0.5, 0.6) is 0 Å². The van der Waals surface area contributed by atoms with Gasteiger partial charge in [-0.1, -0.05) is 31.7 Å². The van der Waals surface area contributed by atoms with E-state index in [0.29, 0.717) is 23.9 Å². The van der Waals surface area contributed by atoms with E-state index in [1.807, 2.05) is 0 Å². The zero-order valence-corrected chi connectivity index (χ0v) is 18.0. The summed E-state index contributed by atoms with van der Waals surface area (Å²) in [5, 5.41) is 9.36. The molecule has 3 aromatic rings. The number of carbonyl (C=O) groups excluding carboxylic acids is 1. The molecule has 0 bridgehead atoms. The van der Waals surface area contributed by atoms with E-state index in [2.05, 4.69) is 29.2 Å². The highest BCUT2D eigenvalue weighted by atomic mass is 32.2. The van der Waals surface area contributed by atoms with Gasteiger partial charge in [0.1, 0.15) is 11.6 Å². The highest BCUT2D eigenvalue weighted by Gasteiger charge is 2.21. The highest BCUT2D eigenvalue weighted by molar-refractivity contribution is 7.99. The van der Waals surface area contributed by atoms with Gasteiger partial charge in [-0.15, -0.1) is 0 Å². The monoisotopic (exact) mass is 428 g/mol. The van der Waals surface area contributed by atoms with E-state index in [0.717, 1.165) is 35.1 Å². The fourth-order valence-corrected chi connectivity index (χ4v) is 4.23. The Balaban J connectivity index is 1.53. The van der Waals surface area contributed by atoms with E-state index in [-0.39, 0.29) is 5.91 Å². The van der Waals surface area contributed by atoms with Crippen molar-refractivity contribution in [3.05, 3.63) is 41.8 Å². The largest absolute Gasteiger partial charge is 0.356 e. The van der Waals surface area contributed by atoms with Gasteiger partial charge in [-0.05, 0) is 31.0 Å². The molecule has 1 saturated heterocycles. The van der Waals surface area contributed by atoms with Crippen LogP contribution in [0.4, 0.5) is 10.2 Å². The molecule has 30 heavy (non-hydrogen) atoms. The highest BCUT2D eigenvalue weighted by Crippen LogP contribution is 2.30. The third kappa shape index (κ3) is 4.56. The van der Waals surface area contributed by atoms with Crippen molar-refractivity contribution >= 4 is 34.5 Å². The Morgan fingerprint density at radius 2 is 2.07 bits per heavy atom. The maximum absolute atomic E-state index is 13.3. The number of amides is 1. The van der Waals surface area contributed by atoms with Crippen molar-refractivity contribution in [1.29, 1.82) is 0 Å². The van der Waals surface area contributed by atoms with Gasteiger partial charge in [0.15, 0.2) is 10.8 Å². The van der Waals surface area contributed by atoms with Gasteiger partial charge >= 0.3 is 0 Å². The van der Waals surface area contributed by atoms with Crippen molar-refractivity contribution in [2.24, 2.45) is 0 Å². The summed E-state index contributed by atoms with van der Waals surface area (Å²) < 4.78 is 15.1. The topological polar surface area (TPSA) is 75.9 Å². The third-order valence-corrected chi connectivity index (χ3v) is 5.76. The summed E-state index contributed by atoms with van der Waals surface area (Å²) >= 11 is 1.63. The predicted molar refractivity (Wildman–Crippen MR) is 116 cm³/mol. The second-order valence-electron chi connectivity index (χ2n) is 7.56. The van der Waals surface area contributed by atoms with Crippen LogP contribution in [-0.4, -0.2) is 50.5 Å². The molecule has 0 spiro atoms. The van der Waals surface area contributed by atoms with E-state index >= 15 is 0 Å². The van der Waals surface area contributed by atoms with Crippen molar-refractivity contribution in [2.45, 2.75) is 43.6 Å². The summed E-state index contributed by atoms with van der Waals surface area (Å²) in [5.74, 6) is 0.201. The Kier molecular flexibility index (Phi) is 6.17. The molecule has 3 heterocycles. The lowest BCUT2D eigenvalue weighted by atomic mass is 10.2. The summed E-state index contributed by atoms with van der Waals surface area (Å²) in [6, 6.07) is 5.66. The summed E-state index contributed by atoms with van der Waals surface area (Å²) in [5.41, 5.74) is 1.07. The van der Waals surface area contributed by atoms with Crippen LogP contribution in [0.15, 0.2) is 35.6 Å². The van der Waals surface area contributed by atoms with Gasteiger partial charge in [0.2, 0.25) is 0 Å². The zero-order valence-electron chi connectivity index (χ0n) is 17.1. The number of halogens is 1. The molecular weight excluding hydrogens is 403 g/mol. The van der Waals surface area contributed by atoms with E-state index in [1.54, 1.807) is 28.7 Å². The van der Waals surface area contributed by atoms with Crippen LogP contribution in [0.1, 0.15) is 37.0 Å². The van der Waals surface area contributed by atoms with Gasteiger partial charge < -0.3 is 10.2 Å². The van der Waals surface area contributed by atoms with Crippen LogP contribution in [0.25, 0.3) is 11.0 Å². The van der Waals surface area contributed by atoms with E-state index in [9.17, 15) is 9.18 Å². The van der Waals surface area contributed by atoms with E-state index < -0.39 is 5.82 Å². The standard InChI is InChI=1S/C21H25FN6OS/c1-14(2)30-21-25-18(27-9-3-4-10-27)17-13-24-28(19(17)26-21)11-8-23-20(29)15-6-5-7-16(22)12-15/h5-7,12-14H,3-4,8-11H2,1-2H3,(H,23,29). The first-order chi connectivity index (χ1) is 14.5. The maximum Gasteiger partial charge on any atom is 0.251 e. The Bertz CT molecular complexity index is 1050. The van der Waals surface area contributed by atoms with Crippen molar-refractivity contribution in [2.75, 3.05) is 24.5 Å². The number of nitrogens with one attached hydrogen (secondary N) is 1. The van der Waals surface area contributed by atoms with Gasteiger partial charge in [-0.3, -0.25) is 4.79 Å². The van der Waals surface area contributed by atoms with Crippen molar-refractivity contribution < 1.29 is 9.18 Å². The molecule has 0 radical (unpaired) electrons. The smallest absolute Gasteiger partial charge is 0.251 e. The number of hydrogen-bond acceptors (Lipinski definition) is 6. The quantitative estimate of drug-likeness (QED) is 0.459. The molecule has 0 atom stereocenters. The summed E-state index contributed by atoms with van der Waals surface area (Å²) in [6.07, 6.45) is 4.14. The fourth-order valence-electron chi connectivity index (χ4n) is 3.53. The number of aromatic nitrogens is 4. The minimum Gasteiger partial charge on any atom is -0.356 e. The lowest BCUT2D eigenvalue weighted by molar-refractivity contribution is 0.0951. The Hall–Kier alpha value is -2.68. The Morgan fingerprint density at radius 1 is 1.27 bits per heavy atom. The molecule has 0 aliphatic carbocycles. The second-order valence-corrected chi connectivity index (χ2v) is 9.11. The molecule has 4 rings (SSSR count). The molecular formula is C21H25FN6OS. The Labute approximate surface area is 179 Å². The van der Waals surface area contributed by atoms with Crippen LogP contribution in [-0.2, 0) is 6.54 Å². The minimum absolute atomic E-state index is 0.301. The van der Waals surface area contributed by atoms with Gasteiger partial charge in [-0.2, -0.15) is 5.10 Å². The number of benzene rings is 1. The van der Waals surface area contributed by atoms with Crippen molar-refractivity contribution in [3.63, 3.8) is 0 Å². The molecule has 7 nitrogen and oxygen atoms in total. The van der Waals surface area contributed by atoms with Gasteiger partial charge in [0, 0.05) is 30.4 Å². The molecule has 2 aromatic heterocycles. The lowest BCUT2D eigenvalue weighted by Crippen LogP contribution is -2.27. The summed E-state index contributed by atoms with van der Waals surface area (Å²) in [6.45, 7) is 7.05. The first-order valence-electron chi connectivity index (χ1n) is 10.2. The third-order valence-electron chi connectivity index (χ3n) is 4.90. The van der Waals surface area contributed by atoms with Gasteiger partial charge in [0.25, 0.3) is 5.91 Å². The minimum atomic E-state index is -0.429. The van der Waals surface area contributed by atoms with Crippen LogP contribution in [0.3, 0.4) is 0 Å². The van der Waals surface area contributed by atoms with Gasteiger partial charge in [-0.25, -0.2) is 19.0 Å². The number of anilines is 1.